The fourth-order valence-corrected chi connectivity index (χ4v) is 3.81. The molecular formula is C21H17F4N3O2. The van der Waals surface area contributed by atoms with E-state index in [1.165, 1.54) is 6.07 Å². The molecule has 1 unspecified atom stereocenters. The van der Waals surface area contributed by atoms with Gasteiger partial charge >= 0.3 is 5.97 Å². The Labute approximate surface area is 169 Å². The van der Waals surface area contributed by atoms with Crippen LogP contribution in [0.3, 0.4) is 0 Å². The first-order chi connectivity index (χ1) is 14.1. The van der Waals surface area contributed by atoms with E-state index in [9.17, 15) is 27.5 Å². The average Bonchev–Trinajstić information content (AvgIpc) is 3.23. The number of nitrogens with one attached hydrogen (secondary N) is 2. The number of aryl methyl sites for hydroxylation is 3. The zero-order valence-electron chi connectivity index (χ0n) is 16.2. The summed E-state index contributed by atoms with van der Waals surface area (Å²) < 4.78 is 60.9. The Morgan fingerprint density at radius 3 is 2.03 bits per heavy atom. The van der Waals surface area contributed by atoms with Crippen LogP contribution in [0.1, 0.15) is 39.0 Å². The molecule has 0 amide bonds. The summed E-state index contributed by atoms with van der Waals surface area (Å²) in [5.74, 6) is -7.47. The summed E-state index contributed by atoms with van der Waals surface area (Å²) in [7, 11) is 0. The van der Waals surface area contributed by atoms with Gasteiger partial charge in [-0.1, -0.05) is 0 Å². The lowest BCUT2D eigenvalue weighted by molar-refractivity contribution is 0.0698. The van der Waals surface area contributed by atoms with Crippen molar-refractivity contribution in [1.29, 1.82) is 0 Å². The van der Waals surface area contributed by atoms with E-state index in [1.54, 1.807) is 39.0 Å². The largest absolute Gasteiger partial charge is 0.478 e. The van der Waals surface area contributed by atoms with Crippen molar-refractivity contribution in [3.8, 4) is 5.69 Å². The maximum absolute atomic E-state index is 15.0. The molecule has 0 fully saturated rings. The number of hydrogen-bond donors (Lipinski definition) is 3. The molecule has 1 aliphatic rings. The zero-order chi connectivity index (χ0) is 21.9. The van der Waals surface area contributed by atoms with Crippen LogP contribution in [0.4, 0.5) is 28.9 Å². The van der Waals surface area contributed by atoms with E-state index in [4.69, 9.17) is 0 Å². The molecule has 2 aromatic carbocycles. The first-order valence-corrected chi connectivity index (χ1v) is 9.04. The molecule has 30 heavy (non-hydrogen) atoms. The first kappa shape index (κ1) is 19.8. The highest BCUT2D eigenvalue weighted by Crippen LogP contribution is 2.41. The van der Waals surface area contributed by atoms with Gasteiger partial charge in [0.05, 0.1) is 22.5 Å². The van der Waals surface area contributed by atoms with E-state index in [0.29, 0.717) is 17.0 Å². The lowest BCUT2D eigenvalue weighted by Gasteiger charge is -2.19. The van der Waals surface area contributed by atoms with Gasteiger partial charge in [-0.25, -0.2) is 22.4 Å². The van der Waals surface area contributed by atoms with Gasteiger partial charge in [0.2, 0.25) is 0 Å². The fraction of sp³-hybridized carbons (Fsp3) is 0.190. The minimum atomic E-state index is -1.57. The fourth-order valence-electron chi connectivity index (χ4n) is 3.81. The predicted octanol–water partition coefficient (Wildman–Crippen LogP) is 5.19. The number of nitrogens with zero attached hydrogens (tertiary/aromatic N) is 1. The van der Waals surface area contributed by atoms with E-state index in [0.717, 1.165) is 4.57 Å². The third-order valence-corrected chi connectivity index (χ3v) is 5.16. The maximum Gasteiger partial charge on any atom is 0.337 e. The summed E-state index contributed by atoms with van der Waals surface area (Å²) in [4.78, 5) is 11.5. The lowest BCUT2D eigenvalue weighted by atomic mass is 10.1. The number of hydrogen-bond acceptors (Lipinski definition) is 3. The molecule has 4 rings (SSSR count). The van der Waals surface area contributed by atoms with Crippen LogP contribution in [0.2, 0.25) is 0 Å². The third-order valence-electron chi connectivity index (χ3n) is 5.16. The molecule has 9 heteroatoms. The van der Waals surface area contributed by atoms with Crippen molar-refractivity contribution in [2.45, 2.75) is 26.9 Å². The molecule has 0 radical (unpaired) electrons. The van der Waals surface area contributed by atoms with Crippen molar-refractivity contribution in [2.75, 3.05) is 10.6 Å². The highest BCUT2D eigenvalue weighted by atomic mass is 19.2. The van der Waals surface area contributed by atoms with Crippen LogP contribution in [0.15, 0.2) is 24.3 Å². The summed E-state index contributed by atoms with van der Waals surface area (Å²) in [6.45, 7) is 4.77. The van der Waals surface area contributed by atoms with E-state index in [2.05, 4.69) is 10.6 Å². The number of anilines is 2. The Kier molecular flexibility index (Phi) is 4.48. The molecule has 0 saturated heterocycles. The molecule has 3 aromatic rings. The van der Waals surface area contributed by atoms with E-state index in [1.807, 2.05) is 0 Å². The number of carbonyl (C=O) groups is 1. The Morgan fingerprint density at radius 1 is 0.933 bits per heavy atom. The first-order valence-electron chi connectivity index (χ1n) is 9.04. The van der Waals surface area contributed by atoms with Crippen molar-refractivity contribution in [3.05, 3.63) is 75.6 Å². The molecule has 1 atom stereocenters. The Morgan fingerprint density at radius 2 is 1.50 bits per heavy atom. The van der Waals surface area contributed by atoms with E-state index in [-0.39, 0.29) is 16.9 Å². The summed E-state index contributed by atoms with van der Waals surface area (Å²) in [6.07, 6.45) is -1.40. The van der Waals surface area contributed by atoms with Gasteiger partial charge in [-0.2, -0.15) is 0 Å². The predicted molar refractivity (Wildman–Crippen MR) is 103 cm³/mol. The molecule has 3 N–H and O–H groups in total. The highest BCUT2D eigenvalue weighted by Gasteiger charge is 2.35. The van der Waals surface area contributed by atoms with Gasteiger partial charge in [0.1, 0.15) is 11.9 Å². The van der Waals surface area contributed by atoms with Crippen molar-refractivity contribution < 1.29 is 27.5 Å². The van der Waals surface area contributed by atoms with Crippen molar-refractivity contribution >= 4 is 17.3 Å². The molecule has 0 aliphatic carbocycles. The van der Waals surface area contributed by atoms with Crippen LogP contribution >= 0.6 is 0 Å². The summed E-state index contributed by atoms with van der Waals surface area (Å²) in [5.41, 5.74) is -0.124. The van der Waals surface area contributed by atoms with E-state index < -0.39 is 46.7 Å². The standard InChI is InChI=1S/C21H17F4N3O2/c1-8-6-11(21(29)30)18-12(7-8)26-20(27-18)13-14(22)16(24)19(17(25)15(13)23)28-9(2)4-5-10(28)3/h4-7,20,26-27H,1-3H3,(H,29,30). The van der Waals surface area contributed by atoms with E-state index >= 15 is 0 Å². The van der Waals surface area contributed by atoms with Crippen LogP contribution in [-0.4, -0.2) is 15.6 Å². The van der Waals surface area contributed by atoms with Crippen LogP contribution in [-0.2, 0) is 0 Å². The lowest BCUT2D eigenvalue weighted by Crippen LogP contribution is -2.20. The molecule has 1 aromatic heterocycles. The summed E-state index contributed by atoms with van der Waals surface area (Å²) in [6, 6.07) is 6.10. The second kappa shape index (κ2) is 6.79. The van der Waals surface area contributed by atoms with Gasteiger partial charge in [0.15, 0.2) is 23.3 Å². The molecule has 2 heterocycles. The second-order valence-corrected chi connectivity index (χ2v) is 7.23. The van der Waals surface area contributed by atoms with Gasteiger partial charge in [-0.15, -0.1) is 0 Å². The average molecular weight is 419 g/mol. The molecular weight excluding hydrogens is 402 g/mol. The third kappa shape index (κ3) is 2.80. The number of aromatic carboxylic acids is 1. The number of carboxylic acid groups (broad SMARTS) is 1. The zero-order valence-corrected chi connectivity index (χ0v) is 16.2. The molecule has 1 aliphatic heterocycles. The quantitative estimate of drug-likeness (QED) is 0.404. The minimum absolute atomic E-state index is 0.0823. The molecule has 0 spiro atoms. The van der Waals surface area contributed by atoms with Crippen molar-refractivity contribution in [1.82, 2.24) is 4.57 Å². The number of fused-ring (bicyclic) bond motifs is 1. The summed E-state index contributed by atoms with van der Waals surface area (Å²) in [5, 5.41) is 14.7. The van der Waals surface area contributed by atoms with Gasteiger partial charge in [0, 0.05) is 11.4 Å². The molecule has 156 valence electrons. The number of carboxylic acids is 1. The van der Waals surface area contributed by atoms with Crippen LogP contribution < -0.4 is 10.6 Å². The Balaban J connectivity index is 1.86. The normalized spacial score (nSPS) is 15.0. The van der Waals surface area contributed by atoms with Gasteiger partial charge in [-0.3, -0.25) is 0 Å². The molecule has 0 bridgehead atoms. The maximum atomic E-state index is 15.0. The van der Waals surface area contributed by atoms with Crippen LogP contribution in [0.25, 0.3) is 5.69 Å². The second-order valence-electron chi connectivity index (χ2n) is 7.23. The smallest absolute Gasteiger partial charge is 0.337 e. The monoisotopic (exact) mass is 419 g/mol. The molecule has 0 saturated carbocycles. The van der Waals surface area contributed by atoms with Crippen molar-refractivity contribution in [2.24, 2.45) is 0 Å². The number of rotatable bonds is 3. The van der Waals surface area contributed by atoms with Crippen molar-refractivity contribution in [3.63, 3.8) is 0 Å². The number of aromatic nitrogens is 1. The SMILES string of the molecule is Cc1cc2c(c(C(=O)O)c1)NC(c1c(F)c(F)c(-n3c(C)ccc3C)c(F)c1F)N2. The number of benzene rings is 2. The highest BCUT2D eigenvalue weighted by molar-refractivity contribution is 5.99. The summed E-state index contributed by atoms with van der Waals surface area (Å²) >= 11 is 0. The molecule has 5 nitrogen and oxygen atoms in total. The van der Waals surface area contributed by atoms with Crippen LogP contribution in [0.5, 0.6) is 0 Å². The number of halogens is 4. The Hall–Kier alpha value is -3.49. The minimum Gasteiger partial charge on any atom is -0.478 e. The van der Waals surface area contributed by atoms with Gasteiger partial charge < -0.3 is 20.3 Å². The van der Waals surface area contributed by atoms with Crippen LogP contribution in [0, 0.1) is 44.0 Å². The van der Waals surface area contributed by atoms with Gasteiger partial charge in [-0.05, 0) is 50.6 Å². The van der Waals surface area contributed by atoms with Gasteiger partial charge in [0.25, 0.3) is 0 Å². The topological polar surface area (TPSA) is 66.3 Å². The Bertz CT molecular complexity index is 1170.